The van der Waals surface area contributed by atoms with Crippen LogP contribution in [0.4, 0.5) is 0 Å². The molecule has 0 fully saturated rings. The Bertz CT molecular complexity index is 112. The molecule has 0 aromatic carbocycles. The van der Waals surface area contributed by atoms with Crippen LogP contribution < -0.4 is 0 Å². The van der Waals surface area contributed by atoms with Crippen LogP contribution in [0, 0.1) is 0 Å². The van der Waals surface area contributed by atoms with Crippen LogP contribution in [0.2, 0.25) is 0 Å². The van der Waals surface area contributed by atoms with E-state index in [1.165, 1.54) is 25.7 Å². The maximum absolute atomic E-state index is 4.18. The van der Waals surface area contributed by atoms with Crippen molar-refractivity contribution in [3.63, 3.8) is 0 Å². The van der Waals surface area contributed by atoms with Gasteiger partial charge in [-0.15, -0.1) is 0 Å². The molecule has 0 aliphatic carbocycles. The number of unbranched alkanes of at least 4 members (excludes halogenated alkanes) is 2. The summed E-state index contributed by atoms with van der Waals surface area (Å²) in [7, 11) is 0. The number of nitrogens with zero attached hydrogens (tertiary/aromatic N) is 2. The molecular formula is C10H20N2. The lowest BCUT2D eigenvalue weighted by Gasteiger charge is -1.87. The maximum atomic E-state index is 4.18. The van der Waals surface area contributed by atoms with Crippen molar-refractivity contribution < 1.29 is 0 Å². The Morgan fingerprint density at radius 2 is 1.25 bits per heavy atom. The lowest BCUT2D eigenvalue weighted by atomic mass is 10.3. The minimum Gasteiger partial charge on any atom is -0.292 e. The quantitative estimate of drug-likeness (QED) is 0.412. The van der Waals surface area contributed by atoms with Crippen LogP contribution in [0.3, 0.4) is 0 Å². The molecule has 0 unspecified atom stereocenters. The summed E-state index contributed by atoms with van der Waals surface area (Å²) in [6.07, 6.45) is 8.41. The van der Waals surface area contributed by atoms with Crippen molar-refractivity contribution in [2.24, 2.45) is 9.98 Å². The van der Waals surface area contributed by atoms with Gasteiger partial charge in [0.25, 0.3) is 0 Å². The van der Waals surface area contributed by atoms with E-state index >= 15 is 0 Å². The molecule has 0 aromatic heterocycles. The number of aliphatic imine (C=N–C) groups is 2. The zero-order chi connectivity index (χ0) is 9.07. The minimum atomic E-state index is 0.941. The van der Waals surface area contributed by atoms with E-state index in [4.69, 9.17) is 0 Å². The predicted octanol–water partition coefficient (Wildman–Crippen LogP) is 2.73. The smallest absolute Gasteiger partial charge is 0.0390 e. The number of hydrogen-bond acceptors (Lipinski definition) is 2. The van der Waals surface area contributed by atoms with E-state index in [1.807, 2.05) is 12.4 Å². The molecule has 0 saturated carbocycles. The first-order valence-corrected chi connectivity index (χ1v) is 4.90. The Kier molecular flexibility index (Phi) is 9.77. The van der Waals surface area contributed by atoms with Gasteiger partial charge in [0, 0.05) is 25.5 Å². The van der Waals surface area contributed by atoms with E-state index in [2.05, 4.69) is 23.8 Å². The van der Waals surface area contributed by atoms with E-state index in [-0.39, 0.29) is 0 Å². The molecule has 0 aliphatic heterocycles. The van der Waals surface area contributed by atoms with Crippen molar-refractivity contribution in [2.75, 3.05) is 13.1 Å². The van der Waals surface area contributed by atoms with Crippen LogP contribution >= 0.6 is 0 Å². The van der Waals surface area contributed by atoms with Crippen molar-refractivity contribution in [2.45, 2.75) is 39.5 Å². The summed E-state index contributed by atoms with van der Waals surface area (Å²) in [6, 6.07) is 0. The summed E-state index contributed by atoms with van der Waals surface area (Å²) >= 11 is 0. The van der Waals surface area contributed by atoms with Crippen LogP contribution in [0.25, 0.3) is 0 Å². The van der Waals surface area contributed by atoms with Crippen LogP contribution in [0.15, 0.2) is 9.98 Å². The molecular weight excluding hydrogens is 148 g/mol. The average Bonchev–Trinajstić information content (AvgIpc) is 2.10. The second-order valence-electron chi connectivity index (χ2n) is 2.82. The fourth-order valence-corrected chi connectivity index (χ4v) is 0.742. The first-order chi connectivity index (χ1) is 5.91. The molecule has 2 heteroatoms. The van der Waals surface area contributed by atoms with E-state index in [0.717, 1.165) is 13.1 Å². The highest BCUT2D eigenvalue weighted by Gasteiger charge is 1.77. The molecule has 0 aromatic rings. The van der Waals surface area contributed by atoms with Crippen molar-refractivity contribution in [3.8, 4) is 0 Å². The molecule has 2 nitrogen and oxygen atoms in total. The summed E-state index contributed by atoms with van der Waals surface area (Å²) in [4.78, 5) is 8.37. The molecule has 0 atom stereocenters. The van der Waals surface area contributed by atoms with Gasteiger partial charge in [-0.05, 0) is 12.8 Å². The standard InChI is InChI=1S/C10H20N2/c1-3-5-7-11-9-10-12-8-6-4-2/h9-10H,3-8H2,1-2H3. The van der Waals surface area contributed by atoms with Crippen LogP contribution in [0.1, 0.15) is 39.5 Å². The summed E-state index contributed by atoms with van der Waals surface area (Å²) in [6.45, 7) is 6.22. The molecule has 12 heavy (non-hydrogen) atoms. The molecule has 70 valence electrons. The second kappa shape index (κ2) is 10.3. The minimum absolute atomic E-state index is 0.941. The van der Waals surface area contributed by atoms with Crippen molar-refractivity contribution >= 4 is 12.4 Å². The van der Waals surface area contributed by atoms with Gasteiger partial charge in [-0.1, -0.05) is 26.7 Å². The lowest BCUT2D eigenvalue weighted by molar-refractivity contribution is 0.808. The summed E-state index contributed by atoms with van der Waals surface area (Å²) < 4.78 is 0. The Labute approximate surface area is 75.8 Å². The van der Waals surface area contributed by atoms with E-state index < -0.39 is 0 Å². The van der Waals surface area contributed by atoms with Gasteiger partial charge in [0.15, 0.2) is 0 Å². The maximum Gasteiger partial charge on any atom is 0.0390 e. The Morgan fingerprint density at radius 3 is 1.58 bits per heavy atom. The molecule has 0 heterocycles. The van der Waals surface area contributed by atoms with Crippen molar-refractivity contribution in [1.82, 2.24) is 0 Å². The van der Waals surface area contributed by atoms with Crippen molar-refractivity contribution in [1.29, 1.82) is 0 Å². The van der Waals surface area contributed by atoms with Crippen LogP contribution in [0.5, 0.6) is 0 Å². The molecule has 0 saturated heterocycles. The monoisotopic (exact) mass is 168 g/mol. The average molecular weight is 168 g/mol. The fraction of sp³-hybridized carbons (Fsp3) is 0.800. The third-order valence-electron chi connectivity index (χ3n) is 1.56. The fourth-order valence-electron chi connectivity index (χ4n) is 0.742. The van der Waals surface area contributed by atoms with Gasteiger partial charge < -0.3 is 0 Å². The van der Waals surface area contributed by atoms with E-state index in [9.17, 15) is 0 Å². The zero-order valence-electron chi connectivity index (χ0n) is 8.29. The molecule has 0 radical (unpaired) electrons. The first-order valence-electron chi connectivity index (χ1n) is 4.90. The highest BCUT2D eigenvalue weighted by atomic mass is 14.7. The van der Waals surface area contributed by atoms with E-state index in [1.54, 1.807) is 0 Å². The lowest BCUT2D eigenvalue weighted by Crippen LogP contribution is -1.84. The zero-order valence-corrected chi connectivity index (χ0v) is 8.29. The number of rotatable bonds is 7. The van der Waals surface area contributed by atoms with Gasteiger partial charge in [0.05, 0.1) is 0 Å². The highest BCUT2D eigenvalue weighted by Crippen LogP contribution is 1.86. The van der Waals surface area contributed by atoms with Gasteiger partial charge in [0.2, 0.25) is 0 Å². The summed E-state index contributed by atoms with van der Waals surface area (Å²) in [5, 5.41) is 0. The molecule has 0 spiro atoms. The van der Waals surface area contributed by atoms with Gasteiger partial charge in [-0.25, -0.2) is 0 Å². The molecule has 0 bridgehead atoms. The second-order valence-corrected chi connectivity index (χ2v) is 2.82. The van der Waals surface area contributed by atoms with Gasteiger partial charge in [0.1, 0.15) is 0 Å². The van der Waals surface area contributed by atoms with Crippen LogP contribution in [-0.2, 0) is 0 Å². The van der Waals surface area contributed by atoms with Gasteiger partial charge in [-0.2, -0.15) is 0 Å². The topological polar surface area (TPSA) is 24.7 Å². The SMILES string of the molecule is CCCCN=CC=NCCCC. The predicted molar refractivity (Wildman–Crippen MR) is 56.5 cm³/mol. The third kappa shape index (κ3) is 9.34. The largest absolute Gasteiger partial charge is 0.292 e. The van der Waals surface area contributed by atoms with Crippen LogP contribution in [-0.4, -0.2) is 25.5 Å². The molecule has 0 N–H and O–H groups in total. The van der Waals surface area contributed by atoms with Gasteiger partial charge in [-0.3, -0.25) is 9.98 Å². The van der Waals surface area contributed by atoms with E-state index in [0.29, 0.717) is 0 Å². The molecule has 0 aliphatic rings. The van der Waals surface area contributed by atoms with Gasteiger partial charge >= 0.3 is 0 Å². The number of hydrogen-bond donors (Lipinski definition) is 0. The summed E-state index contributed by atoms with van der Waals surface area (Å²) in [5.74, 6) is 0. The molecule has 0 amide bonds. The van der Waals surface area contributed by atoms with Crippen molar-refractivity contribution in [3.05, 3.63) is 0 Å². The first kappa shape index (κ1) is 11.3. The summed E-state index contributed by atoms with van der Waals surface area (Å²) in [5.41, 5.74) is 0. The Hall–Kier alpha value is -0.660. The highest BCUT2D eigenvalue weighted by molar-refractivity contribution is 6.15. The Morgan fingerprint density at radius 1 is 0.833 bits per heavy atom. The molecule has 0 rings (SSSR count). The normalized spacial score (nSPS) is 11.8. The third-order valence-corrected chi connectivity index (χ3v) is 1.56. The Balaban J connectivity index is 3.15.